The summed E-state index contributed by atoms with van der Waals surface area (Å²) in [5.74, 6) is -3.93. The van der Waals surface area contributed by atoms with Crippen molar-refractivity contribution in [1.82, 2.24) is 0 Å². The highest BCUT2D eigenvalue weighted by molar-refractivity contribution is 5.92. The zero-order valence-corrected chi connectivity index (χ0v) is 11.3. The lowest BCUT2D eigenvalue weighted by Gasteiger charge is -2.26. The van der Waals surface area contributed by atoms with Gasteiger partial charge >= 0.3 is 11.9 Å². The molecule has 0 spiro atoms. The first-order valence-corrected chi connectivity index (χ1v) is 6.61. The van der Waals surface area contributed by atoms with Gasteiger partial charge in [-0.25, -0.2) is 9.59 Å². The molecule has 22 heavy (non-hydrogen) atoms. The minimum atomic E-state index is -1.98. The van der Waals surface area contributed by atoms with Crippen LogP contribution in [0.3, 0.4) is 0 Å². The van der Waals surface area contributed by atoms with Gasteiger partial charge in [-0.2, -0.15) is 0 Å². The number of aromatic carboxylic acids is 1. The number of carboxylic acid groups (broad SMARTS) is 1. The number of aliphatic hydroxyl groups excluding tert-OH is 1. The van der Waals surface area contributed by atoms with E-state index in [1.807, 2.05) is 0 Å². The highest BCUT2D eigenvalue weighted by Gasteiger charge is 2.58. The number of hydrogen-bond acceptors (Lipinski definition) is 7. The topological polar surface area (TPSA) is 123 Å². The summed E-state index contributed by atoms with van der Waals surface area (Å²) in [5.41, 5.74) is 0.113. The zero-order chi connectivity index (χ0) is 15.9. The molecular formula is C14H14O8. The molecule has 4 atom stereocenters. The molecule has 0 aliphatic carbocycles. The Morgan fingerprint density at radius 2 is 1.82 bits per heavy atom. The highest BCUT2D eigenvalue weighted by atomic mass is 16.7. The predicted molar refractivity (Wildman–Crippen MR) is 69.3 cm³/mol. The van der Waals surface area contributed by atoms with Gasteiger partial charge in [0.2, 0.25) is 0 Å². The number of hydrogen-bond donors (Lipinski definition) is 3. The van der Waals surface area contributed by atoms with Crippen LogP contribution in [-0.4, -0.2) is 64.6 Å². The van der Waals surface area contributed by atoms with Crippen LogP contribution in [0.4, 0.5) is 0 Å². The molecule has 2 saturated heterocycles. The second-order valence-corrected chi connectivity index (χ2v) is 5.21. The minimum absolute atomic E-state index is 0.0114. The minimum Gasteiger partial charge on any atom is -0.478 e. The Bertz CT molecular complexity index is 597. The molecule has 0 amide bonds. The molecule has 0 saturated carbocycles. The van der Waals surface area contributed by atoms with Gasteiger partial charge in [-0.15, -0.1) is 0 Å². The number of carboxylic acids is 1. The third kappa shape index (κ3) is 2.46. The van der Waals surface area contributed by atoms with Crippen molar-refractivity contribution < 1.29 is 39.1 Å². The van der Waals surface area contributed by atoms with Gasteiger partial charge in [-0.3, -0.25) is 0 Å². The third-order valence-corrected chi connectivity index (χ3v) is 3.69. The molecule has 0 bridgehead atoms. The number of aliphatic hydroxyl groups is 2. The first-order chi connectivity index (χ1) is 10.4. The number of fused-ring (bicyclic) bond motifs is 1. The molecule has 8 nitrogen and oxygen atoms in total. The Morgan fingerprint density at radius 1 is 1.18 bits per heavy atom. The van der Waals surface area contributed by atoms with E-state index in [4.69, 9.17) is 19.3 Å². The maximum atomic E-state index is 12.1. The number of rotatable bonds is 3. The summed E-state index contributed by atoms with van der Waals surface area (Å²) in [6, 6.07) is 5.08. The highest BCUT2D eigenvalue weighted by Crippen LogP contribution is 2.35. The van der Waals surface area contributed by atoms with Gasteiger partial charge in [0.15, 0.2) is 6.10 Å². The quantitative estimate of drug-likeness (QED) is 0.499. The summed E-state index contributed by atoms with van der Waals surface area (Å²) in [7, 11) is 0. The van der Waals surface area contributed by atoms with Gasteiger partial charge in [0.25, 0.3) is 5.79 Å². The summed E-state index contributed by atoms with van der Waals surface area (Å²) >= 11 is 0. The van der Waals surface area contributed by atoms with E-state index in [0.29, 0.717) is 0 Å². The van der Waals surface area contributed by atoms with Crippen LogP contribution in [-0.2, 0) is 14.2 Å². The molecule has 3 N–H and O–H groups in total. The first kappa shape index (κ1) is 14.9. The van der Waals surface area contributed by atoms with Crippen LogP contribution in [0.15, 0.2) is 24.3 Å². The second-order valence-electron chi connectivity index (χ2n) is 5.21. The summed E-state index contributed by atoms with van der Waals surface area (Å²) in [6.45, 7) is -0.319. The lowest BCUT2D eigenvalue weighted by molar-refractivity contribution is -0.211. The van der Waals surface area contributed by atoms with E-state index < -0.39 is 36.0 Å². The van der Waals surface area contributed by atoms with Crippen molar-refractivity contribution in [2.24, 2.45) is 0 Å². The van der Waals surface area contributed by atoms with Gasteiger partial charge < -0.3 is 29.5 Å². The normalized spacial score (nSPS) is 33.5. The molecule has 0 aromatic heterocycles. The zero-order valence-electron chi connectivity index (χ0n) is 11.3. The second kappa shape index (κ2) is 5.33. The fourth-order valence-corrected chi connectivity index (χ4v) is 2.53. The maximum Gasteiger partial charge on any atom is 0.340 e. The molecule has 2 aliphatic rings. The third-order valence-electron chi connectivity index (χ3n) is 3.69. The SMILES string of the molecule is O=C(O)c1ccc(C(=O)O[C@@]2(O)CO[C@@H]3[C@H](O)CO[C@@H]32)cc1. The maximum absolute atomic E-state index is 12.1. The first-order valence-electron chi connectivity index (χ1n) is 6.61. The van der Waals surface area contributed by atoms with Crippen LogP contribution < -0.4 is 0 Å². The molecule has 3 rings (SSSR count). The van der Waals surface area contributed by atoms with Crippen LogP contribution in [0.5, 0.6) is 0 Å². The molecule has 1 aromatic rings. The largest absolute Gasteiger partial charge is 0.478 e. The average Bonchev–Trinajstić information content (AvgIpc) is 3.01. The van der Waals surface area contributed by atoms with E-state index in [1.165, 1.54) is 24.3 Å². The van der Waals surface area contributed by atoms with Crippen LogP contribution in [0.25, 0.3) is 0 Å². The van der Waals surface area contributed by atoms with Crippen LogP contribution in [0.2, 0.25) is 0 Å². The predicted octanol–water partition coefficient (Wildman–Crippen LogP) is -0.611. The molecule has 0 unspecified atom stereocenters. The van der Waals surface area contributed by atoms with E-state index in [-0.39, 0.29) is 24.3 Å². The summed E-state index contributed by atoms with van der Waals surface area (Å²) < 4.78 is 15.5. The lowest BCUT2D eigenvalue weighted by Crippen LogP contribution is -2.47. The Kier molecular flexibility index (Phi) is 3.61. The van der Waals surface area contributed by atoms with Gasteiger partial charge in [0.05, 0.1) is 17.7 Å². The van der Waals surface area contributed by atoms with E-state index in [0.717, 1.165) is 0 Å². The number of carbonyl (C=O) groups excluding carboxylic acids is 1. The molecule has 2 heterocycles. The van der Waals surface area contributed by atoms with Gasteiger partial charge in [0, 0.05) is 0 Å². The van der Waals surface area contributed by atoms with Crippen molar-refractivity contribution in [2.75, 3.05) is 13.2 Å². The lowest BCUT2D eigenvalue weighted by atomic mass is 10.1. The molecule has 8 heteroatoms. The summed E-state index contributed by atoms with van der Waals surface area (Å²) in [4.78, 5) is 22.8. The fraction of sp³-hybridized carbons (Fsp3) is 0.429. The standard InChI is InChI=1S/C14H14O8/c15-9-5-20-11-10(9)21-6-14(11,19)22-13(18)8-3-1-7(2-4-8)12(16)17/h1-4,9-11,15,19H,5-6H2,(H,16,17)/t9-,10-,11+,14+/m1/s1. The van der Waals surface area contributed by atoms with E-state index in [2.05, 4.69) is 0 Å². The average molecular weight is 310 g/mol. The van der Waals surface area contributed by atoms with Gasteiger partial charge in [-0.05, 0) is 24.3 Å². The van der Waals surface area contributed by atoms with Gasteiger partial charge in [0.1, 0.15) is 18.8 Å². The molecule has 2 aliphatic heterocycles. The Hall–Kier alpha value is -2.00. The van der Waals surface area contributed by atoms with Crippen molar-refractivity contribution in [2.45, 2.75) is 24.1 Å². The van der Waals surface area contributed by atoms with Crippen molar-refractivity contribution in [3.8, 4) is 0 Å². The Labute approximate surface area is 124 Å². The van der Waals surface area contributed by atoms with E-state index >= 15 is 0 Å². The molecule has 0 radical (unpaired) electrons. The summed E-state index contributed by atoms with van der Waals surface area (Å²) in [6.07, 6.45) is -2.58. The molecule has 1 aromatic carbocycles. The number of benzene rings is 1. The van der Waals surface area contributed by atoms with Gasteiger partial charge in [-0.1, -0.05) is 0 Å². The number of esters is 1. The molecule has 2 fully saturated rings. The summed E-state index contributed by atoms with van der Waals surface area (Å²) in [5, 5.41) is 28.8. The van der Waals surface area contributed by atoms with Crippen molar-refractivity contribution in [3.05, 3.63) is 35.4 Å². The van der Waals surface area contributed by atoms with E-state index in [9.17, 15) is 19.8 Å². The molecule has 118 valence electrons. The van der Waals surface area contributed by atoms with Crippen LogP contribution >= 0.6 is 0 Å². The monoisotopic (exact) mass is 310 g/mol. The number of ether oxygens (including phenoxy) is 3. The Balaban J connectivity index is 1.72. The fourth-order valence-electron chi connectivity index (χ4n) is 2.53. The van der Waals surface area contributed by atoms with Crippen LogP contribution in [0, 0.1) is 0 Å². The van der Waals surface area contributed by atoms with E-state index in [1.54, 1.807) is 0 Å². The Morgan fingerprint density at radius 3 is 2.45 bits per heavy atom. The van der Waals surface area contributed by atoms with Crippen molar-refractivity contribution in [1.29, 1.82) is 0 Å². The van der Waals surface area contributed by atoms with Crippen molar-refractivity contribution in [3.63, 3.8) is 0 Å². The number of carbonyl (C=O) groups is 2. The smallest absolute Gasteiger partial charge is 0.340 e. The van der Waals surface area contributed by atoms with Crippen LogP contribution in [0.1, 0.15) is 20.7 Å². The molecular weight excluding hydrogens is 296 g/mol. The van der Waals surface area contributed by atoms with Crippen molar-refractivity contribution >= 4 is 11.9 Å².